The van der Waals surface area contributed by atoms with Gasteiger partial charge in [-0.1, -0.05) is 0 Å². The Kier molecular flexibility index (Phi) is 2.42. The summed E-state index contributed by atoms with van der Waals surface area (Å²) >= 11 is 0. The number of nitrogens with zero attached hydrogens (tertiary/aromatic N) is 1. The van der Waals surface area contributed by atoms with Crippen LogP contribution in [0.3, 0.4) is 0 Å². The van der Waals surface area contributed by atoms with E-state index < -0.39 is 0 Å². The number of hydrogen-bond acceptors (Lipinski definition) is 2. The summed E-state index contributed by atoms with van der Waals surface area (Å²) in [6.45, 7) is 4.32. The second-order valence-electron chi connectivity index (χ2n) is 3.70. The Balaban J connectivity index is 2.37. The summed E-state index contributed by atoms with van der Waals surface area (Å²) in [5, 5.41) is 0. The van der Waals surface area contributed by atoms with E-state index in [4.69, 9.17) is 5.73 Å². The van der Waals surface area contributed by atoms with Gasteiger partial charge >= 0.3 is 0 Å². The number of rotatable bonds is 2. The lowest BCUT2D eigenvalue weighted by Gasteiger charge is -2.18. The molecule has 1 aliphatic heterocycles. The van der Waals surface area contributed by atoms with Crippen LogP contribution in [-0.4, -0.2) is 19.6 Å². The fourth-order valence-corrected chi connectivity index (χ4v) is 2.08. The summed E-state index contributed by atoms with van der Waals surface area (Å²) in [6.07, 6.45) is 0.943. The molecule has 0 saturated carbocycles. The Morgan fingerprint density at radius 2 is 2.29 bits per heavy atom. The Hall–Kier alpha value is -1.09. The number of halogens is 1. The zero-order chi connectivity index (χ0) is 10.1. The first kappa shape index (κ1) is 9.46. The molecule has 0 unspecified atom stereocenters. The highest BCUT2D eigenvalue weighted by atomic mass is 19.1. The number of nitrogens with two attached hydrogens (primary N) is 1. The first-order chi connectivity index (χ1) is 6.74. The van der Waals surface area contributed by atoms with E-state index in [1.807, 2.05) is 13.0 Å². The number of fused-ring (bicyclic) bond motifs is 1. The van der Waals surface area contributed by atoms with Crippen LogP contribution in [0.15, 0.2) is 12.1 Å². The smallest absolute Gasteiger partial charge is 0.126 e. The molecule has 2 nitrogen and oxygen atoms in total. The third kappa shape index (κ3) is 1.38. The van der Waals surface area contributed by atoms with E-state index in [9.17, 15) is 4.39 Å². The lowest BCUT2D eigenvalue weighted by Crippen LogP contribution is -2.27. The molecule has 1 heterocycles. The maximum atomic E-state index is 13.2. The predicted molar refractivity (Wildman–Crippen MR) is 56.1 cm³/mol. The average Bonchev–Trinajstić information content (AvgIpc) is 2.57. The Labute approximate surface area is 83.5 Å². The van der Waals surface area contributed by atoms with Gasteiger partial charge in [0.25, 0.3) is 0 Å². The number of benzene rings is 1. The van der Waals surface area contributed by atoms with Crippen molar-refractivity contribution in [2.75, 3.05) is 24.5 Å². The highest BCUT2D eigenvalue weighted by Gasteiger charge is 2.21. The van der Waals surface area contributed by atoms with Crippen molar-refractivity contribution in [2.45, 2.75) is 13.3 Å². The minimum atomic E-state index is -0.0988. The molecule has 76 valence electrons. The van der Waals surface area contributed by atoms with E-state index >= 15 is 0 Å². The molecule has 2 N–H and O–H groups in total. The molecule has 1 aromatic rings. The van der Waals surface area contributed by atoms with Crippen LogP contribution in [0.25, 0.3) is 0 Å². The highest BCUT2D eigenvalue weighted by molar-refractivity contribution is 5.60. The Bertz CT molecular complexity index is 349. The summed E-state index contributed by atoms with van der Waals surface area (Å²) in [5.74, 6) is -0.0988. The van der Waals surface area contributed by atoms with Gasteiger partial charge in [0.2, 0.25) is 0 Å². The van der Waals surface area contributed by atoms with E-state index in [-0.39, 0.29) is 5.82 Å². The molecule has 0 radical (unpaired) electrons. The van der Waals surface area contributed by atoms with Gasteiger partial charge in [-0.3, -0.25) is 0 Å². The molecule has 14 heavy (non-hydrogen) atoms. The van der Waals surface area contributed by atoms with Gasteiger partial charge < -0.3 is 10.6 Å². The number of anilines is 1. The van der Waals surface area contributed by atoms with Crippen LogP contribution in [0.2, 0.25) is 0 Å². The lowest BCUT2D eigenvalue weighted by molar-refractivity contribution is 0.617. The maximum Gasteiger partial charge on any atom is 0.126 e. The van der Waals surface area contributed by atoms with Gasteiger partial charge in [-0.2, -0.15) is 0 Å². The molecule has 0 bridgehead atoms. The lowest BCUT2D eigenvalue weighted by atomic mass is 10.1. The molecule has 0 fully saturated rings. The van der Waals surface area contributed by atoms with Gasteiger partial charge in [-0.25, -0.2) is 4.39 Å². The van der Waals surface area contributed by atoms with E-state index in [1.165, 1.54) is 0 Å². The third-order valence-electron chi connectivity index (χ3n) is 2.88. The van der Waals surface area contributed by atoms with Crippen LogP contribution in [0, 0.1) is 12.7 Å². The second-order valence-corrected chi connectivity index (χ2v) is 3.70. The number of hydrogen-bond donors (Lipinski definition) is 1. The molecule has 0 saturated heterocycles. The quantitative estimate of drug-likeness (QED) is 0.772. The molecule has 0 aliphatic carbocycles. The molecule has 0 spiro atoms. The van der Waals surface area contributed by atoms with Crippen LogP contribution in [0.4, 0.5) is 10.1 Å². The summed E-state index contributed by atoms with van der Waals surface area (Å²) in [7, 11) is 0. The van der Waals surface area contributed by atoms with Crippen LogP contribution in [0.5, 0.6) is 0 Å². The predicted octanol–water partition coefficient (Wildman–Crippen LogP) is 1.46. The molecular formula is C11H15FN2. The van der Waals surface area contributed by atoms with Gasteiger partial charge in [0.15, 0.2) is 0 Å². The van der Waals surface area contributed by atoms with Crippen molar-refractivity contribution >= 4 is 5.69 Å². The Morgan fingerprint density at radius 1 is 1.50 bits per heavy atom. The standard InChI is InChI=1S/C11H15FN2/c1-8-9-4-6-14(7-5-13)11(9)3-2-10(8)12/h2-3H,4-7,13H2,1H3. The molecule has 0 amide bonds. The average molecular weight is 194 g/mol. The van der Waals surface area contributed by atoms with E-state index in [2.05, 4.69) is 4.90 Å². The molecule has 0 aromatic heterocycles. The molecule has 1 aliphatic rings. The molecular weight excluding hydrogens is 179 g/mol. The van der Waals surface area contributed by atoms with Crippen molar-refractivity contribution in [2.24, 2.45) is 5.73 Å². The van der Waals surface area contributed by atoms with Crippen LogP contribution in [0.1, 0.15) is 11.1 Å². The summed E-state index contributed by atoms with van der Waals surface area (Å²) in [5.41, 5.74) is 8.62. The van der Waals surface area contributed by atoms with Crippen molar-refractivity contribution < 1.29 is 4.39 Å². The summed E-state index contributed by atoms with van der Waals surface area (Å²) < 4.78 is 13.2. The van der Waals surface area contributed by atoms with Crippen LogP contribution < -0.4 is 10.6 Å². The van der Waals surface area contributed by atoms with Gasteiger partial charge in [0, 0.05) is 25.3 Å². The van der Waals surface area contributed by atoms with Gasteiger partial charge in [0.1, 0.15) is 5.82 Å². The molecule has 3 heteroatoms. The molecule has 2 rings (SSSR count). The molecule has 1 aromatic carbocycles. The first-order valence-corrected chi connectivity index (χ1v) is 4.97. The van der Waals surface area contributed by atoms with Gasteiger partial charge in [-0.15, -0.1) is 0 Å². The summed E-state index contributed by atoms with van der Waals surface area (Å²) in [6, 6.07) is 3.41. The second kappa shape index (κ2) is 3.58. The van der Waals surface area contributed by atoms with Gasteiger partial charge in [0.05, 0.1) is 0 Å². The monoisotopic (exact) mass is 194 g/mol. The van der Waals surface area contributed by atoms with Crippen molar-refractivity contribution in [3.05, 3.63) is 29.1 Å². The minimum Gasteiger partial charge on any atom is -0.370 e. The zero-order valence-electron chi connectivity index (χ0n) is 8.39. The third-order valence-corrected chi connectivity index (χ3v) is 2.88. The topological polar surface area (TPSA) is 29.3 Å². The van der Waals surface area contributed by atoms with Crippen molar-refractivity contribution in [3.63, 3.8) is 0 Å². The fraction of sp³-hybridized carbons (Fsp3) is 0.455. The van der Waals surface area contributed by atoms with Crippen LogP contribution >= 0.6 is 0 Å². The normalized spacial score (nSPS) is 14.6. The van der Waals surface area contributed by atoms with Crippen molar-refractivity contribution in [1.29, 1.82) is 0 Å². The largest absolute Gasteiger partial charge is 0.370 e. The van der Waals surface area contributed by atoms with E-state index in [0.29, 0.717) is 6.54 Å². The van der Waals surface area contributed by atoms with E-state index in [1.54, 1.807) is 6.07 Å². The highest BCUT2D eigenvalue weighted by Crippen LogP contribution is 2.31. The SMILES string of the molecule is Cc1c(F)ccc2c1CCN2CCN. The van der Waals surface area contributed by atoms with Crippen molar-refractivity contribution in [3.8, 4) is 0 Å². The minimum absolute atomic E-state index is 0.0988. The first-order valence-electron chi connectivity index (χ1n) is 4.97. The Morgan fingerprint density at radius 3 is 3.00 bits per heavy atom. The maximum absolute atomic E-state index is 13.2. The zero-order valence-corrected chi connectivity index (χ0v) is 8.39. The summed E-state index contributed by atoms with van der Waals surface area (Å²) in [4.78, 5) is 2.22. The van der Waals surface area contributed by atoms with Crippen molar-refractivity contribution in [1.82, 2.24) is 0 Å². The van der Waals surface area contributed by atoms with E-state index in [0.717, 1.165) is 36.3 Å². The van der Waals surface area contributed by atoms with Crippen LogP contribution in [-0.2, 0) is 6.42 Å². The molecule has 0 atom stereocenters. The van der Waals surface area contributed by atoms with Gasteiger partial charge in [-0.05, 0) is 36.6 Å². The fourth-order valence-electron chi connectivity index (χ4n) is 2.08.